The minimum Gasteiger partial charge on any atom is -0.447 e. The second-order valence-corrected chi connectivity index (χ2v) is 11.0. The van der Waals surface area contributed by atoms with E-state index in [9.17, 15) is 28.6 Å². The molecule has 2 heterocycles. The molecule has 2 unspecified atom stereocenters. The lowest BCUT2D eigenvalue weighted by molar-refractivity contribution is -0.112. The Labute approximate surface area is 253 Å². The Morgan fingerprint density at radius 3 is 2.65 bits per heavy atom. The number of carbonyl (C=O) groups is 2. The van der Waals surface area contributed by atoms with Gasteiger partial charge in [0, 0.05) is 30.1 Å². The Bertz CT molecular complexity index is 1160. The Morgan fingerprint density at radius 2 is 2.05 bits per heavy atom. The molecule has 9 nitrogen and oxygen atoms in total. The van der Waals surface area contributed by atoms with Crippen LogP contribution in [0.3, 0.4) is 0 Å². The lowest BCUT2D eigenvalue weighted by Gasteiger charge is -2.32. The number of nitrogens with zero attached hydrogens (tertiary/aromatic N) is 4. The number of allylic oxidation sites excluding steroid dienone is 6. The van der Waals surface area contributed by atoms with E-state index in [2.05, 4.69) is 11.8 Å². The number of alkyl halides is 1. The third kappa shape index (κ3) is 9.94. The molecular formula is C32H46F2N4O5. The van der Waals surface area contributed by atoms with Crippen molar-refractivity contribution < 1.29 is 33.3 Å². The Kier molecular flexibility index (Phi) is 13.8. The first-order valence-corrected chi connectivity index (χ1v) is 15.3. The Morgan fingerprint density at radius 1 is 1.28 bits per heavy atom. The fourth-order valence-corrected chi connectivity index (χ4v) is 5.18. The zero-order chi connectivity index (χ0) is 31.4. The van der Waals surface area contributed by atoms with Crippen LogP contribution in [0.25, 0.3) is 0 Å². The van der Waals surface area contributed by atoms with Crippen molar-refractivity contribution in [3.05, 3.63) is 59.3 Å². The molecule has 0 aromatic heterocycles. The van der Waals surface area contributed by atoms with Gasteiger partial charge in [0.05, 0.1) is 24.8 Å². The standard InChI is InChI=1S/C32H46F2N4O5/c1-4-8-27(37-18-19-43-32(37)42)20-25(34)9-6-10-28(40)11-7-17-36(16-5-2)23(3)35-31-29(14-15-33)30(41)24(22-39)21-38(31)26-12-13-26/h4,8-9,14,20-21,23,26,28,39-40H,5-7,10-13,15-19,22H2,1-3H3/b8-4-,25-9-,27-20+,29-14-,35-31+. The average Bonchev–Trinajstić information content (AvgIpc) is 3.73. The lowest BCUT2D eigenvalue weighted by atomic mass is 9.98. The molecule has 0 radical (unpaired) electrons. The van der Waals surface area contributed by atoms with Crippen molar-refractivity contribution in [1.29, 1.82) is 0 Å². The molecule has 0 bridgehead atoms. The van der Waals surface area contributed by atoms with Crippen molar-refractivity contribution in [3.63, 3.8) is 0 Å². The van der Waals surface area contributed by atoms with Crippen LogP contribution in [0.2, 0.25) is 0 Å². The summed E-state index contributed by atoms with van der Waals surface area (Å²) >= 11 is 0. The van der Waals surface area contributed by atoms with Crippen LogP contribution in [-0.2, 0) is 9.53 Å². The number of ether oxygens (including phenoxy) is 1. The van der Waals surface area contributed by atoms with Gasteiger partial charge in [-0.1, -0.05) is 13.0 Å². The van der Waals surface area contributed by atoms with Gasteiger partial charge in [0.1, 0.15) is 31.1 Å². The summed E-state index contributed by atoms with van der Waals surface area (Å²) in [7, 11) is 0. The van der Waals surface area contributed by atoms with Crippen molar-refractivity contribution in [2.75, 3.05) is 39.5 Å². The maximum atomic E-state index is 14.6. The predicted molar refractivity (Wildman–Crippen MR) is 162 cm³/mol. The summed E-state index contributed by atoms with van der Waals surface area (Å²) in [4.78, 5) is 35.1. The van der Waals surface area contributed by atoms with Crippen LogP contribution < -0.4 is 0 Å². The zero-order valence-corrected chi connectivity index (χ0v) is 25.6. The van der Waals surface area contributed by atoms with Crippen molar-refractivity contribution >= 4 is 17.7 Å². The Balaban J connectivity index is 1.57. The molecular weight excluding hydrogens is 558 g/mol. The topological polar surface area (TPSA) is 106 Å². The van der Waals surface area contributed by atoms with Crippen LogP contribution in [0, 0.1) is 0 Å². The van der Waals surface area contributed by atoms with E-state index >= 15 is 0 Å². The summed E-state index contributed by atoms with van der Waals surface area (Å²) in [6.07, 6.45) is 12.3. The molecule has 11 heteroatoms. The van der Waals surface area contributed by atoms with Gasteiger partial charge in [0.2, 0.25) is 0 Å². The second-order valence-electron chi connectivity index (χ2n) is 11.0. The molecule has 3 rings (SSSR count). The minimum atomic E-state index is -0.804. The summed E-state index contributed by atoms with van der Waals surface area (Å²) in [5.41, 5.74) is 0.842. The number of hydrogen-bond acceptors (Lipinski definition) is 7. The van der Waals surface area contributed by atoms with E-state index in [0.29, 0.717) is 50.3 Å². The third-order valence-corrected chi connectivity index (χ3v) is 7.57. The molecule has 0 aromatic rings. The van der Waals surface area contributed by atoms with Crippen LogP contribution in [-0.4, -0.2) is 100 Å². The Hall–Kier alpha value is -3.15. The predicted octanol–water partition coefficient (Wildman–Crippen LogP) is 4.95. The molecule has 3 aliphatic rings. The number of hydrogen-bond donors (Lipinski definition) is 2. The number of amidine groups is 1. The van der Waals surface area contributed by atoms with Crippen LogP contribution >= 0.6 is 0 Å². The number of aliphatic hydroxyl groups is 2. The van der Waals surface area contributed by atoms with Gasteiger partial charge in [0.25, 0.3) is 0 Å². The molecule has 2 fully saturated rings. The van der Waals surface area contributed by atoms with Gasteiger partial charge in [-0.3, -0.25) is 14.6 Å². The highest BCUT2D eigenvalue weighted by atomic mass is 19.1. The molecule has 1 saturated carbocycles. The molecule has 1 saturated heterocycles. The monoisotopic (exact) mass is 604 g/mol. The van der Waals surface area contributed by atoms with Crippen molar-refractivity contribution in [3.8, 4) is 0 Å². The number of rotatable bonds is 17. The van der Waals surface area contributed by atoms with Gasteiger partial charge < -0.3 is 19.8 Å². The molecule has 0 spiro atoms. The van der Waals surface area contributed by atoms with E-state index in [4.69, 9.17) is 9.73 Å². The number of carbonyl (C=O) groups excluding carboxylic acids is 2. The largest absolute Gasteiger partial charge is 0.447 e. The molecule has 43 heavy (non-hydrogen) atoms. The first-order valence-electron chi connectivity index (χ1n) is 15.3. The van der Waals surface area contributed by atoms with E-state index in [1.807, 2.05) is 11.8 Å². The molecule has 1 amide bonds. The van der Waals surface area contributed by atoms with Crippen LogP contribution in [0.4, 0.5) is 13.6 Å². The molecule has 1 aliphatic carbocycles. The van der Waals surface area contributed by atoms with Crippen LogP contribution in [0.5, 0.6) is 0 Å². The van der Waals surface area contributed by atoms with Gasteiger partial charge in [-0.2, -0.15) is 0 Å². The fraction of sp³-hybridized carbons (Fsp3) is 0.594. The van der Waals surface area contributed by atoms with E-state index in [0.717, 1.165) is 25.8 Å². The fourth-order valence-electron chi connectivity index (χ4n) is 5.18. The first kappa shape index (κ1) is 34.3. The SMILES string of the molecule is C\C=C/C(=C\C(F)=C\CCC(O)CCCN(CCC)C(C)/N=C1\C(=C/CF)C(=O)C(CO)=CN1C1CC1)N1CCOC1=O. The third-order valence-electron chi connectivity index (χ3n) is 7.57. The number of cyclic esters (lactones) is 1. The molecule has 238 valence electrons. The zero-order valence-electron chi connectivity index (χ0n) is 25.6. The highest BCUT2D eigenvalue weighted by molar-refractivity contribution is 6.29. The van der Waals surface area contributed by atoms with E-state index in [-0.39, 0.29) is 30.0 Å². The summed E-state index contributed by atoms with van der Waals surface area (Å²) in [5.74, 6) is -0.436. The van der Waals surface area contributed by atoms with E-state index in [1.54, 1.807) is 25.3 Å². The van der Waals surface area contributed by atoms with Crippen LogP contribution in [0.1, 0.15) is 65.7 Å². The summed E-state index contributed by atoms with van der Waals surface area (Å²) < 4.78 is 32.9. The number of aliphatic hydroxyl groups excluding tert-OH is 2. The summed E-state index contributed by atoms with van der Waals surface area (Å²) in [6, 6.07) is 0.180. The smallest absolute Gasteiger partial charge is 0.414 e. The number of halogens is 2. The normalized spacial score (nSPS) is 21.9. The number of aliphatic imine (C=N–C) groups is 1. The minimum absolute atomic E-state index is 0.180. The lowest BCUT2D eigenvalue weighted by Crippen LogP contribution is -2.41. The average molecular weight is 605 g/mol. The number of Topliss-reactive ketones (excluding diaryl/α,β-unsaturated/α-hetero) is 1. The highest BCUT2D eigenvalue weighted by Crippen LogP contribution is 2.33. The number of ketones is 1. The molecule has 0 aromatic carbocycles. The molecule has 2 N–H and O–H groups in total. The van der Waals surface area contributed by atoms with E-state index < -0.39 is 37.1 Å². The van der Waals surface area contributed by atoms with Crippen molar-refractivity contribution in [2.24, 2.45) is 4.99 Å². The van der Waals surface area contributed by atoms with Gasteiger partial charge in [-0.05, 0) is 89.6 Å². The van der Waals surface area contributed by atoms with Gasteiger partial charge in [-0.25, -0.2) is 18.6 Å². The molecule has 2 atom stereocenters. The maximum Gasteiger partial charge on any atom is 0.414 e. The van der Waals surface area contributed by atoms with Crippen LogP contribution in [0.15, 0.2) is 64.2 Å². The first-order chi connectivity index (χ1) is 20.7. The molecule has 2 aliphatic heterocycles. The highest BCUT2D eigenvalue weighted by Gasteiger charge is 2.38. The van der Waals surface area contributed by atoms with Gasteiger partial charge in [0.15, 0.2) is 5.78 Å². The second kappa shape index (κ2) is 17.2. The quantitative estimate of drug-likeness (QED) is 0.179. The summed E-state index contributed by atoms with van der Waals surface area (Å²) in [6.45, 7) is 6.63. The van der Waals surface area contributed by atoms with Gasteiger partial charge >= 0.3 is 6.09 Å². The van der Waals surface area contributed by atoms with Crippen molar-refractivity contribution in [1.82, 2.24) is 14.7 Å². The number of amides is 1. The summed E-state index contributed by atoms with van der Waals surface area (Å²) in [5, 5.41) is 20.2. The van der Waals surface area contributed by atoms with Crippen molar-refractivity contribution in [2.45, 2.75) is 84.0 Å². The van der Waals surface area contributed by atoms with E-state index in [1.165, 1.54) is 23.1 Å². The van der Waals surface area contributed by atoms with Gasteiger partial charge in [-0.15, -0.1) is 0 Å². The maximum absolute atomic E-state index is 14.6.